The molecule has 114 valence electrons. The first-order chi connectivity index (χ1) is 10.2. The van der Waals surface area contributed by atoms with Gasteiger partial charge in [0, 0.05) is 11.5 Å². The van der Waals surface area contributed by atoms with Gasteiger partial charge in [-0.3, -0.25) is 4.79 Å². The topological polar surface area (TPSA) is 46.5 Å². The minimum absolute atomic E-state index is 0.0527. The third kappa shape index (κ3) is 2.78. The van der Waals surface area contributed by atoms with E-state index in [1.54, 1.807) is 0 Å². The lowest BCUT2D eigenvalue weighted by molar-refractivity contribution is -0.142. The van der Waals surface area contributed by atoms with Crippen LogP contribution in [0.2, 0.25) is 0 Å². The Morgan fingerprint density at radius 3 is 2.71 bits per heavy atom. The van der Waals surface area contributed by atoms with E-state index in [2.05, 4.69) is 6.92 Å². The van der Waals surface area contributed by atoms with Crippen LogP contribution in [0.1, 0.15) is 68.9 Å². The fourth-order valence-electron chi connectivity index (χ4n) is 3.79. The lowest BCUT2D eigenvalue weighted by Gasteiger charge is -2.35. The Kier molecular flexibility index (Phi) is 4.18. The van der Waals surface area contributed by atoms with Crippen molar-refractivity contribution in [3.05, 3.63) is 23.3 Å². The van der Waals surface area contributed by atoms with Crippen LogP contribution in [0.3, 0.4) is 0 Å². The fourth-order valence-corrected chi connectivity index (χ4v) is 3.79. The lowest BCUT2D eigenvalue weighted by atomic mass is 9.73. The highest BCUT2D eigenvalue weighted by Gasteiger charge is 2.40. The van der Waals surface area contributed by atoms with Crippen LogP contribution in [0, 0.1) is 5.92 Å². The summed E-state index contributed by atoms with van der Waals surface area (Å²) in [6.45, 7) is 2.18. The van der Waals surface area contributed by atoms with Gasteiger partial charge in [0.15, 0.2) is 0 Å². The highest BCUT2D eigenvalue weighted by Crippen LogP contribution is 2.49. The normalized spacial score (nSPS) is 24.1. The molecule has 1 N–H and O–H groups in total. The van der Waals surface area contributed by atoms with E-state index in [4.69, 9.17) is 4.74 Å². The van der Waals surface area contributed by atoms with Crippen molar-refractivity contribution in [3.8, 4) is 11.5 Å². The van der Waals surface area contributed by atoms with Crippen molar-refractivity contribution >= 4 is 5.97 Å². The molecule has 1 fully saturated rings. The maximum atomic E-state index is 12.2. The van der Waals surface area contributed by atoms with E-state index >= 15 is 0 Å². The summed E-state index contributed by atoms with van der Waals surface area (Å²) in [7, 11) is 0. The molecule has 0 radical (unpaired) electrons. The van der Waals surface area contributed by atoms with Gasteiger partial charge in [0.25, 0.3) is 0 Å². The Morgan fingerprint density at radius 1 is 1.19 bits per heavy atom. The second-order valence-electron chi connectivity index (χ2n) is 6.40. The average molecular weight is 288 g/mol. The predicted octanol–water partition coefficient (Wildman–Crippen LogP) is 4.32. The standard InChI is InChI=1S/C18H24O3/c1-2-3-4-7-12-10-15(19)17-13-8-5-6-9-14(13)18(20)21-16(17)11-12/h10-11,13-14,19H,2-9H2,1H3/t13?,14-/m1/s1. The van der Waals surface area contributed by atoms with E-state index < -0.39 is 0 Å². The van der Waals surface area contributed by atoms with Crippen molar-refractivity contribution in [2.24, 2.45) is 5.92 Å². The van der Waals surface area contributed by atoms with Gasteiger partial charge in [-0.2, -0.15) is 0 Å². The number of hydrogen-bond donors (Lipinski definition) is 1. The number of ether oxygens (including phenoxy) is 1. The number of benzene rings is 1. The Morgan fingerprint density at radius 2 is 1.95 bits per heavy atom. The van der Waals surface area contributed by atoms with Gasteiger partial charge in [-0.15, -0.1) is 0 Å². The van der Waals surface area contributed by atoms with Crippen molar-refractivity contribution in [3.63, 3.8) is 0 Å². The van der Waals surface area contributed by atoms with E-state index in [0.717, 1.165) is 49.7 Å². The second-order valence-corrected chi connectivity index (χ2v) is 6.40. The van der Waals surface area contributed by atoms with Crippen LogP contribution in [-0.2, 0) is 11.2 Å². The molecule has 3 nitrogen and oxygen atoms in total. The lowest BCUT2D eigenvalue weighted by Crippen LogP contribution is -2.33. The Labute approximate surface area is 126 Å². The SMILES string of the molecule is CCCCCc1cc(O)c2c(c1)OC(=O)[C@@H]1CCCCC21. The van der Waals surface area contributed by atoms with Crippen molar-refractivity contribution in [1.82, 2.24) is 0 Å². The van der Waals surface area contributed by atoms with E-state index in [0.29, 0.717) is 11.5 Å². The van der Waals surface area contributed by atoms with Crippen molar-refractivity contribution < 1.29 is 14.6 Å². The molecule has 1 aromatic carbocycles. The maximum Gasteiger partial charge on any atom is 0.314 e. The minimum Gasteiger partial charge on any atom is -0.508 e. The van der Waals surface area contributed by atoms with Gasteiger partial charge >= 0.3 is 5.97 Å². The molecule has 2 atom stereocenters. The van der Waals surface area contributed by atoms with Crippen LogP contribution in [0.15, 0.2) is 12.1 Å². The van der Waals surface area contributed by atoms with E-state index in [9.17, 15) is 9.90 Å². The molecule has 1 aliphatic heterocycles. The maximum absolute atomic E-state index is 12.2. The minimum atomic E-state index is -0.0997. The summed E-state index contributed by atoms with van der Waals surface area (Å²) in [6, 6.07) is 3.84. The third-order valence-electron chi connectivity index (χ3n) is 4.90. The number of aromatic hydroxyl groups is 1. The van der Waals surface area contributed by atoms with Gasteiger partial charge in [0.1, 0.15) is 11.5 Å². The van der Waals surface area contributed by atoms with Crippen molar-refractivity contribution in [2.75, 3.05) is 0 Å². The molecular formula is C18H24O3. The van der Waals surface area contributed by atoms with Gasteiger partial charge in [0.05, 0.1) is 5.92 Å². The number of fused-ring (bicyclic) bond motifs is 3. The zero-order valence-electron chi connectivity index (χ0n) is 12.7. The van der Waals surface area contributed by atoms with Crippen LogP contribution in [0.4, 0.5) is 0 Å². The summed E-state index contributed by atoms with van der Waals surface area (Å²) >= 11 is 0. The molecular weight excluding hydrogens is 264 g/mol. The molecule has 3 rings (SSSR count). The molecule has 0 aromatic heterocycles. The summed E-state index contributed by atoms with van der Waals surface area (Å²) < 4.78 is 5.53. The number of phenolic OH excluding ortho intramolecular Hbond substituents is 1. The van der Waals surface area contributed by atoms with Crippen LogP contribution in [-0.4, -0.2) is 11.1 Å². The molecule has 21 heavy (non-hydrogen) atoms. The van der Waals surface area contributed by atoms with Crippen LogP contribution in [0.25, 0.3) is 0 Å². The molecule has 1 aromatic rings. The summed E-state index contributed by atoms with van der Waals surface area (Å²) in [4.78, 5) is 12.2. The molecule has 2 aliphatic rings. The predicted molar refractivity (Wildman–Crippen MR) is 81.7 cm³/mol. The highest BCUT2D eigenvalue weighted by atomic mass is 16.5. The number of phenols is 1. The summed E-state index contributed by atoms with van der Waals surface area (Å²) in [5.74, 6) is 0.929. The zero-order chi connectivity index (χ0) is 14.8. The fraction of sp³-hybridized carbons (Fsp3) is 0.611. The number of aryl methyl sites for hydroxylation is 1. The van der Waals surface area contributed by atoms with Gasteiger partial charge < -0.3 is 9.84 Å². The van der Waals surface area contributed by atoms with Gasteiger partial charge in [-0.1, -0.05) is 32.6 Å². The molecule has 1 unspecified atom stereocenters. The van der Waals surface area contributed by atoms with Crippen molar-refractivity contribution in [2.45, 2.75) is 64.2 Å². The monoisotopic (exact) mass is 288 g/mol. The van der Waals surface area contributed by atoms with Gasteiger partial charge in [-0.25, -0.2) is 0 Å². The molecule has 0 saturated heterocycles. The van der Waals surface area contributed by atoms with Gasteiger partial charge in [-0.05, 0) is 43.4 Å². The smallest absolute Gasteiger partial charge is 0.314 e. The van der Waals surface area contributed by atoms with Gasteiger partial charge in [0.2, 0.25) is 0 Å². The number of carbonyl (C=O) groups excluding carboxylic acids is 1. The molecule has 3 heteroatoms. The van der Waals surface area contributed by atoms with E-state index in [1.807, 2.05) is 12.1 Å². The molecule has 0 amide bonds. The second kappa shape index (κ2) is 6.08. The molecule has 0 bridgehead atoms. The Balaban J connectivity index is 1.89. The molecule has 1 heterocycles. The summed E-state index contributed by atoms with van der Waals surface area (Å²) in [5, 5.41) is 10.4. The number of hydrogen-bond acceptors (Lipinski definition) is 3. The Hall–Kier alpha value is -1.51. The number of unbranched alkanes of at least 4 members (excludes halogenated alkanes) is 2. The van der Waals surface area contributed by atoms with Crippen LogP contribution >= 0.6 is 0 Å². The van der Waals surface area contributed by atoms with Crippen LogP contribution in [0.5, 0.6) is 11.5 Å². The molecule has 0 spiro atoms. The van der Waals surface area contributed by atoms with Crippen LogP contribution < -0.4 is 4.74 Å². The number of rotatable bonds is 4. The largest absolute Gasteiger partial charge is 0.508 e. The first-order valence-electron chi connectivity index (χ1n) is 8.28. The first-order valence-corrected chi connectivity index (χ1v) is 8.28. The van der Waals surface area contributed by atoms with Crippen molar-refractivity contribution in [1.29, 1.82) is 0 Å². The first kappa shape index (κ1) is 14.4. The number of esters is 1. The third-order valence-corrected chi connectivity index (χ3v) is 4.90. The average Bonchev–Trinajstić information content (AvgIpc) is 2.47. The molecule has 1 aliphatic carbocycles. The Bertz CT molecular complexity index is 536. The van der Waals surface area contributed by atoms with E-state index in [-0.39, 0.29) is 17.8 Å². The number of carbonyl (C=O) groups is 1. The van der Waals surface area contributed by atoms with E-state index in [1.165, 1.54) is 12.8 Å². The molecule has 1 saturated carbocycles. The quantitative estimate of drug-likeness (QED) is 0.510. The summed E-state index contributed by atoms with van der Waals surface area (Å²) in [5.41, 5.74) is 1.94. The summed E-state index contributed by atoms with van der Waals surface area (Å²) in [6.07, 6.45) is 8.48. The zero-order valence-corrected chi connectivity index (χ0v) is 12.7. The highest BCUT2D eigenvalue weighted by molar-refractivity contribution is 5.80.